The average Bonchev–Trinajstić information content (AvgIpc) is 3.18. The topological polar surface area (TPSA) is 95.6 Å². The van der Waals surface area contributed by atoms with Gasteiger partial charge in [0.15, 0.2) is 0 Å². The number of amides is 3. The number of nitrogens with one attached hydrogen (secondary N) is 2. The van der Waals surface area contributed by atoms with Crippen molar-refractivity contribution in [1.29, 1.82) is 0 Å². The van der Waals surface area contributed by atoms with Crippen LogP contribution in [0, 0.1) is 5.92 Å². The van der Waals surface area contributed by atoms with Crippen molar-refractivity contribution in [3.05, 3.63) is 71.8 Å². The van der Waals surface area contributed by atoms with Crippen molar-refractivity contribution in [3.63, 3.8) is 0 Å². The Balaban J connectivity index is 1.74. The van der Waals surface area contributed by atoms with Crippen LogP contribution in [0.2, 0.25) is 0 Å². The van der Waals surface area contributed by atoms with E-state index in [2.05, 4.69) is 10.6 Å². The molecular formula is C26H31N3O4. The molecule has 3 amide bonds. The minimum absolute atomic E-state index is 0.0976. The third-order valence-corrected chi connectivity index (χ3v) is 5.64. The first-order chi connectivity index (χ1) is 15.8. The maximum Gasteiger partial charge on any atom is 0.289 e. The number of nitrogens with zero attached hydrogens (tertiary/aromatic N) is 1. The predicted octanol–water partition coefficient (Wildman–Crippen LogP) is 2.25. The lowest BCUT2D eigenvalue weighted by molar-refractivity contribution is -0.141. The monoisotopic (exact) mass is 449 g/mol. The molecule has 1 saturated heterocycles. The molecule has 2 N–H and O–H groups in total. The van der Waals surface area contributed by atoms with E-state index in [1.165, 1.54) is 0 Å². The standard InChI is InChI=1S/C26H31N3O4/c1-18(2)16-27-26(33)24(31)21(15-19-9-5-3-6-10-19)28-25(32)22-13-14-23(30)29(22)17-20-11-7-4-8-12-20/h3-12,18,21-22H,13-17H2,1-2H3,(H,27,33)(H,28,32)/t21?,22-/m1/s1. The van der Waals surface area contributed by atoms with E-state index in [4.69, 9.17) is 0 Å². The van der Waals surface area contributed by atoms with E-state index in [-0.39, 0.29) is 24.7 Å². The predicted molar refractivity (Wildman–Crippen MR) is 125 cm³/mol. The Labute approximate surface area is 194 Å². The first-order valence-electron chi connectivity index (χ1n) is 11.3. The molecular weight excluding hydrogens is 418 g/mol. The number of ketones is 1. The molecule has 2 atom stereocenters. The summed E-state index contributed by atoms with van der Waals surface area (Å²) in [5.41, 5.74) is 1.76. The Bertz CT molecular complexity index is 976. The third-order valence-electron chi connectivity index (χ3n) is 5.64. The number of carbonyl (C=O) groups is 4. The summed E-state index contributed by atoms with van der Waals surface area (Å²) in [7, 11) is 0. The van der Waals surface area contributed by atoms with Crippen molar-refractivity contribution < 1.29 is 19.2 Å². The summed E-state index contributed by atoms with van der Waals surface area (Å²) in [6.07, 6.45) is 0.847. The second-order valence-electron chi connectivity index (χ2n) is 8.78. The van der Waals surface area contributed by atoms with Gasteiger partial charge in [-0.2, -0.15) is 0 Å². The third kappa shape index (κ3) is 6.75. The van der Waals surface area contributed by atoms with Gasteiger partial charge in [-0.25, -0.2) is 0 Å². The molecule has 0 bridgehead atoms. The summed E-state index contributed by atoms with van der Waals surface area (Å²) in [5, 5.41) is 5.40. The van der Waals surface area contributed by atoms with E-state index in [0.717, 1.165) is 11.1 Å². The Hall–Kier alpha value is -3.48. The minimum Gasteiger partial charge on any atom is -0.349 e. The van der Waals surface area contributed by atoms with Crippen molar-refractivity contribution in [2.24, 2.45) is 5.92 Å². The van der Waals surface area contributed by atoms with Gasteiger partial charge in [-0.15, -0.1) is 0 Å². The van der Waals surface area contributed by atoms with Crippen LogP contribution in [0.5, 0.6) is 0 Å². The van der Waals surface area contributed by atoms with Crippen molar-refractivity contribution in [3.8, 4) is 0 Å². The van der Waals surface area contributed by atoms with E-state index in [1.807, 2.05) is 74.5 Å². The van der Waals surface area contributed by atoms with Crippen LogP contribution >= 0.6 is 0 Å². The van der Waals surface area contributed by atoms with E-state index in [1.54, 1.807) is 4.90 Å². The Kier molecular flexibility index (Phi) is 8.35. The number of Topliss-reactive ketones (excluding diaryl/α,β-unsaturated/α-hetero) is 1. The number of rotatable bonds is 10. The molecule has 0 aromatic heterocycles. The van der Waals surface area contributed by atoms with Crippen molar-refractivity contribution in [1.82, 2.24) is 15.5 Å². The molecule has 1 unspecified atom stereocenters. The molecule has 0 spiro atoms. The maximum atomic E-state index is 13.2. The van der Waals surface area contributed by atoms with Crippen molar-refractivity contribution in [2.75, 3.05) is 6.54 Å². The fourth-order valence-electron chi connectivity index (χ4n) is 3.85. The summed E-state index contributed by atoms with van der Waals surface area (Å²) >= 11 is 0. The van der Waals surface area contributed by atoms with E-state index >= 15 is 0 Å². The molecule has 3 rings (SSSR count). The van der Waals surface area contributed by atoms with Gasteiger partial charge < -0.3 is 15.5 Å². The van der Waals surface area contributed by atoms with Gasteiger partial charge in [0.05, 0.1) is 0 Å². The lowest BCUT2D eigenvalue weighted by Gasteiger charge is -2.26. The molecule has 0 radical (unpaired) electrons. The van der Waals surface area contributed by atoms with Gasteiger partial charge in [-0.05, 0) is 23.5 Å². The molecule has 33 heavy (non-hydrogen) atoms. The zero-order chi connectivity index (χ0) is 23.8. The largest absolute Gasteiger partial charge is 0.349 e. The summed E-state index contributed by atoms with van der Waals surface area (Å²) in [6, 6.07) is 17.0. The lowest BCUT2D eigenvalue weighted by atomic mass is 10.0. The highest BCUT2D eigenvalue weighted by Crippen LogP contribution is 2.22. The second-order valence-corrected chi connectivity index (χ2v) is 8.78. The summed E-state index contributed by atoms with van der Waals surface area (Å²) in [6.45, 7) is 4.57. The van der Waals surface area contributed by atoms with Crippen LogP contribution < -0.4 is 10.6 Å². The Morgan fingerprint density at radius 2 is 1.58 bits per heavy atom. The Morgan fingerprint density at radius 3 is 2.18 bits per heavy atom. The highest BCUT2D eigenvalue weighted by Gasteiger charge is 2.38. The molecule has 7 nitrogen and oxygen atoms in total. The second kappa shape index (κ2) is 11.4. The molecule has 2 aromatic carbocycles. The lowest BCUT2D eigenvalue weighted by Crippen LogP contribution is -2.53. The molecule has 2 aromatic rings. The molecule has 7 heteroatoms. The first-order valence-corrected chi connectivity index (χ1v) is 11.3. The highest BCUT2D eigenvalue weighted by molar-refractivity contribution is 6.38. The summed E-state index contributed by atoms with van der Waals surface area (Å²) in [5.74, 6) is -1.72. The smallest absolute Gasteiger partial charge is 0.289 e. The molecule has 1 aliphatic rings. The van der Waals surface area contributed by atoms with Gasteiger partial charge in [0, 0.05) is 25.9 Å². The SMILES string of the molecule is CC(C)CNC(=O)C(=O)C(Cc1ccccc1)NC(=O)[C@H]1CCC(=O)N1Cc1ccccc1. The number of benzene rings is 2. The number of likely N-dealkylation sites (tertiary alicyclic amines) is 1. The molecule has 1 fully saturated rings. The van der Waals surface area contributed by atoms with Gasteiger partial charge >= 0.3 is 0 Å². The molecule has 174 valence electrons. The van der Waals surface area contributed by atoms with Crippen molar-refractivity contribution in [2.45, 2.75) is 51.7 Å². The highest BCUT2D eigenvalue weighted by atomic mass is 16.2. The fraction of sp³-hybridized carbons (Fsp3) is 0.385. The fourth-order valence-corrected chi connectivity index (χ4v) is 3.85. The van der Waals surface area contributed by atoms with E-state index in [9.17, 15) is 19.2 Å². The molecule has 0 saturated carbocycles. The first kappa shape index (κ1) is 24.2. The van der Waals surface area contributed by atoms with Gasteiger partial charge in [-0.1, -0.05) is 74.5 Å². The minimum atomic E-state index is -1.01. The van der Waals surface area contributed by atoms with Crippen LogP contribution in [0.4, 0.5) is 0 Å². The van der Waals surface area contributed by atoms with Crippen molar-refractivity contribution >= 4 is 23.5 Å². The Morgan fingerprint density at radius 1 is 0.970 bits per heavy atom. The quantitative estimate of drug-likeness (QED) is 0.544. The number of hydrogen-bond acceptors (Lipinski definition) is 4. The maximum absolute atomic E-state index is 13.2. The van der Waals surface area contributed by atoms with E-state index in [0.29, 0.717) is 19.5 Å². The van der Waals surface area contributed by atoms with Gasteiger partial charge in [0.2, 0.25) is 17.6 Å². The molecule has 1 heterocycles. The molecule has 0 aliphatic carbocycles. The zero-order valence-electron chi connectivity index (χ0n) is 19.1. The molecule has 1 aliphatic heterocycles. The van der Waals surface area contributed by atoms with Gasteiger partial charge in [0.25, 0.3) is 5.91 Å². The number of carbonyl (C=O) groups excluding carboxylic acids is 4. The average molecular weight is 450 g/mol. The van der Waals surface area contributed by atoms with Crippen LogP contribution in [0.1, 0.15) is 37.8 Å². The number of hydrogen-bond donors (Lipinski definition) is 2. The van der Waals surface area contributed by atoms with Gasteiger partial charge in [-0.3, -0.25) is 19.2 Å². The summed E-state index contributed by atoms with van der Waals surface area (Å²) < 4.78 is 0. The van der Waals surface area contributed by atoms with Crippen LogP contribution in [-0.2, 0) is 32.1 Å². The normalized spacial score (nSPS) is 16.5. The van der Waals surface area contributed by atoms with E-state index < -0.39 is 29.7 Å². The van der Waals surface area contributed by atoms with Gasteiger partial charge in [0.1, 0.15) is 12.1 Å². The van der Waals surface area contributed by atoms with Crippen LogP contribution in [0.15, 0.2) is 60.7 Å². The van der Waals surface area contributed by atoms with Crippen LogP contribution in [-0.4, -0.2) is 47.0 Å². The van der Waals surface area contributed by atoms with Crippen LogP contribution in [0.25, 0.3) is 0 Å². The summed E-state index contributed by atoms with van der Waals surface area (Å²) in [4.78, 5) is 52.6. The van der Waals surface area contributed by atoms with Crippen LogP contribution in [0.3, 0.4) is 0 Å². The zero-order valence-corrected chi connectivity index (χ0v) is 19.1.